The third-order valence-electron chi connectivity index (χ3n) is 4.11. The van der Waals surface area contributed by atoms with Crippen LogP contribution >= 0.6 is 0 Å². The standard InChI is InChI=1S/C16H18F4N4/c1-10-4-7-24(23-10)14-9-11(15(17)18)8-13(22-14)21-12-2-5-16(19,20)6-3-12/h4,7-9,12,15H,2-3,5-6H2,1H3,(H,21,22). The van der Waals surface area contributed by atoms with E-state index in [1.165, 1.54) is 16.8 Å². The lowest BCUT2D eigenvalue weighted by Gasteiger charge is -2.29. The first-order valence-corrected chi connectivity index (χ1v) is 7.79. The predicted octanol–water partition coefficient (Wildman–Crippen LogP) is 4.50. The lowest BCUT2D eigenvalue weighted by molar-refractivity contribution is -0.0361. The number of halogens is 4. The highest BCUT2D eigenvalue weighted by Gasteiger charge is 2.35. The summed E-state index contributed by atoms with van der Waals surface area (Å²) >= 11 is 0. The Morgan fingerprint density at radius 1 is 1.25 bits per heavy atom. The van der Waals surface area contributed by atoms with E-state index < -0.39 is 12.3 Å². The van der Waals surface area contributed by atoms with E-state index in [-0.39, 0.29) is 48.9 Å². The Morgan fingerprint density at radius 3 is 2.54 bits per heavy atom. The number of hydrogen-bond donors (Lipinski definition) is 1. The van der Waals surface area contributed by atoms with Gasteiger partial charge in [-0.1, -0.05) is 0 Å². The quantitative estimate of drug-likeness (QED) is 0.832. The Balaban J connectivity index is 1.83. The van der Waals surface area contributed by atoms with E-state index in [1.54, 1.807) is 19.2 Å². The van der Waals surface area contributed by atoms with Crippen molar-refractivity contribution in [3.8, 4) is 5.82 Å². The van der Waals surface area contributed by atoms with E-state index in [2.05, 4.69) is 15.4 Å². The third-order valence-corrected chi connectivity index (χ3v) is 4.11. The van der Waals surface area contributed by atoms with Gasteiger partial charge in [0.1, 0.15) is 5.82 Å². The van der Waals surface area contributed by atoms with Crippen molar-refractivity contribution in [3.63, 3.8) is 0 Å². The molecular weight excluding hydrogens is 324 g/mol. The molecule has 1 aliphatic rings. The molecule has 0 aliphatic heterocycles. The van der Waals surface area contributed by atoms with Gasteiger partial charge in [0.25, 0.3) is 6.43 Å². The van der Waals surface area contributed by atoms with Crippen molar-refractivity contribution >= 4 is 5.82 Å². The van der Waals surface area contributed by atoms with Crippen LogP contribution < -0.4 is 5.32 Å². The van der Waals surface area contributed by atoms with Gasteiger partial charge in [-0.15, -0.1) is 0 Å². The van der Waals surface area contributed by atoms with Crippen LogP contribution in [0.25, 0.3) is 5.82 Å². The maximum Gasteiger partial charge on any atom is 0.264 e. The van der Waals surface area contributed by atoms with Crippen molar-refractivity contribution in [2.24, 2.45) is 0 Å². The van der Waals surface area contributed by atoms with Crippen molar-refractivity contribution in [2.75, 3.05) is 5.32 Å². The molecule has 1 aliphatic carbocycles. The Bertz CT molecular complexity index is 704. The number of rotatable bonds is 4. The molecule has 2 aromatic heterocycles. The molecule has 0 radical (unpaired) electrons. The molecule has 130 valence electrons. The average Bonchev–Trinajstić information content (AvgIpc) is 2.96. The lowest BCUT2D eigenvalue weighted by atomic mass is 9.92. The molecule has 0 aromatic carbocycles. The van der Waals surface area contributed by atoms with Gasteiger partial charge in [-0.05, 0) is 38.0 Å². The second-order valence-corrected chi connectivity index (χ2v) is 6.12. The molecule has 4 nitrogen and oxygen atoms in total. The van der Waals surface area contributed by atoms with Gasteiger partial charge in [0, 0.05) is 30.6 Å². The molecule has 0 bridgehead atoms. The zero-order valence-corrected chi connectivity index (χ0v) is 13.1. The molecule has 0 spiro atoms. The smallest absolute Gasteiger partial charge is 0.264 e. The summed E-state index contributed by atoms with van der Waals surface area (Å²) in [5.41, 5.74) is 0.556. The molecule has 0 unspecified atom stereocenters. The highest BCUT2D eigenvalue weighted by Crippen LogP contribution is 2.34. The third kappa shape index (κ3) is 3.85. The second kappa shape index (κ2) is 6.41. The molecule has 3 rings (SSSR count). The van der Waals surface area contributed by atoms with E-state index in [9.17, 15) is 17.6 Å². The second-order valence-electron chi connectivity index (χ2n) is 6.12. The number of nitrogens with one attached hydrogen (secondary N) is 1. The SMILES string of the molecule is Cc1ccn(-c2cc(C(F)F)cc(NC3CCC(F)(F)CC3)n2)n1. The van der Waals surface area contributed by atoms with E-state index in [0.717, 1.165) is 5.69 Å². The number of aryl methyl sites for hydroxylation is 1. The van der Waals surface area contributed by atoms with Crippen LogP contribution in [0.4, 0.5) is 23.4 Å². The van der Waals surface area contributed by atoms with Gasteiger partial charge in [-0.3, -0.25) is 0 Å². The number of anilines is 1. The van der Waals surface area contributed by atoms with Crippen LogP contribution in [-0.4, -0.2) is 26.7 Å². The number of aromatic nitrogens is 3. The van der Waals surface area contributed by atoms with Gasteiger partial charge in [-0.25, -0.2) is 27.2 Å². The first-order valence-electron chi connectivity index (χ1n) is 7.79. The summed E-state index contributed by atoms with van der Waals surface area (Å²) in [5.74, 6) is -2.11. The lowest BCUT2D eigenvalue weighted by Crippen LogP contribution is -2.32. The normalized spacial score (nSPS) is 18.1. The molecule has 0 saturated heterocycles. The van der Waals surface area contributed by atoms with Gasteiger partial charge in [0.15, 0.2) is 5.82 Å². The fourth-order valence-electron chi connectivity index (χ4n) is 2.79. The van der Waals surface area contributed by atoms with E-state index >= 15 is 0 Å². The highest BCUT2D eigenvalue weighted by atomic mass is 19.3. The summed E-state index contributed by atoms with van der Waals surface area (Å²) in [4.78, 5) is 4.30. The van der Waals surface area contributed by atoms with Gasteiger partial charge in [0.05, 0.1) is 5.69 Å². The molecule has 2 aromatic rings. The first-order chi connectivity index (χ1) is 11.3. The average molecular weight is 342 g/mol. The Hall–Kier alpha value is -2.12. The van der Waals surface area contributed by atoms with E-state index in [1.807, 2.05) is 0 Å². The summed E-state index contributed by atoms with van der Waals surface area (Å²) in [7, 11) is 0. The van der Waals surface area contributed by atoms with E-state index in [4.69, 9.17) is 0 Å². The van der Waals surface area contributed by atoms with Gasteiger partial charge < -0.3 is 5.32 Å². The molecule has 1 N–H and O–H groups in total. The number of alkyl halides is 4. The monoisotopic (exact) mass is 342 g/mol. The molecule has 2 heterocycles. The van der Waals surface area contributed by atoms with Crippen molar-refractivity contribution in [2.45, 2.75) is 51.0 Å². The molecule has 1 fully saturated rings. The summed E-state index contributed by atoms with van der Waals surface area (Å²) in [6, 6.07) is 4.08. The topological polar surface area (TPSA) is 42.7 Å². The minimum absolute atomic E-state index is 0.184. The molecule has 24 heavy (non-hydrogen) atoms. The number of pyridine rings is 1. The molecular formula is C16H18F4N4. The van der Waals surface area contributed by atoms with Crippen LogP contribution in [-0.2, 0) is 0 Å². The molecule has 8 heteroatoms. The fourth-order valence-corrected chi connectivity index (χ4v) is 2.79. The van der Waals surface area contributed by atoms with Crippen molar-refractivity contribution in [3.05, 3.63) is 35.7 Å². The Morgan fingerprint density at radius 2 is 1.96 bits per heavy atom. The van der Waals surface area contributed by atoms with Gasteiger partial charge >= 0.3 is 0 Å². The van der Waals surface area contributed by atoms with Crippen LogP contribution in [0.5, 0.6) is 0 Å². The van der Waals surface area contributed by atoms with Crippen LogP contribution in [0.15, 0.2) is 24.4 Å². The van der Waals surface area contributed by atoms with Gasteiger partial charge in [0.2, 0.25) is 5.92 Å². The molecule has 1 saturated carbocycles. The first kappa shape index (κ1) is 16.7. The zero-order valence-electron chi connectivity index (χ0n) is 13.1. The number of hydrogen-bond acceptors (Lipinski definition) is 3. The minimum atomic E-state index is -2.65. The maximum atomic E-state index is 13.2. The summed E-state index contributed by atoms with van der Waals surface area (Å²) in [6.45, 7) is 1.79. The number of nitrogens with zero attached hydrogens (tertiary/aromatic N) is 3. The summed E-state index contributed by atoms with van der Waals surface area (Å²) < 4.78 is 54.1. The van der Waals surface area contributed by atoms with Crippen molar-refractivity contribution < 1.29 is 17.6 Å². The Kier molecular flexibility index (Phi) is 4.47. The Labute approximate surface area is 136 Å². The minimum Gasteiger partial charge on any atom is -0.367 e. The highest BCUT2D eigenvalue weighted by molar-refractivity contribution is 5.45. The predicted molar refractivity (Wildman–Crippen MR) is 81.9 cm³/mol. The largest absolute Gasteiger partial charge is 0.367 e. The van der Waals surface area contributed by atoms with Crippen LogP contribution in [0, 0.1) is 6.92 Å². The summed E-state index contributed by atoms with van der Waals surface area (Å²) in [6.07, 6.45) is -0.861. The summed E-state index contributed by atoms with van der Waals surface area (Å²) in [5, 5.41) is 7.18. The van der Waals surface area contributed by atoms with Crippen molar-refractivity contribution in [1.82, 2.24) is 14.8 Å². The zero-order chi connectivity index (χ0) is 17.3. The maximum absolute atomic E-state index is 13.2. The van der Waals surface area contributed by atoms with Crippen LogP contribution in [0.1, 0.15) is 43.4 Å². The fraction of sp³-hybridized carbons (Fsp3) is 0.500. The van der Waals surface area contributed by atoms with Crippen molar-refractivity contribution in [1.29, 1.82) is 0 Å². The van der Waals surface area contributed by atoms with Crippen LogP contribution in [0.3, 0.4) is 0 Å². The molecule has 0 amide bonds. The van der Waals surface area contributed by atoms with Gasteiger partial charge in [-0.2, -0.15) is 5.10 Å². The van der Waals surface area contributed by atoms with E-state index in [0.29, 0.717) is 0 Å². The molecule has 0 atom stereocenters. The van der Waals surface area contributed by atoms with Crippen LogP contribution in [0.2, 0.25) is 0 Å².